The molecule has 14 heavy (non-hydrogen) atoms. The third-order valence-electron chi connectivity index (χ3n) is 2.15. The lowest BCUT2D eigenvalue weighted by molar-refractivity contribution is 0.469. The van der Waals surface area contributed by atoms with Crippen LogP contribution in [0.3, 0.4) is 0 Å². The molecule has 1 N–H and O–H groups in total. The van der Waals surface area contributed by atoms with Crippen molar-refractivity contribution >= 4 is 8.03 Å². The minimum atomic E-state index is -2.12. The van der Waals surface area contributed by atoms with Gasteiger partial charge in [0.2, 0.25) is 5.66 Å². The van der Waals surface area contributed by atoms with Crippen molar-refractivity contribution in [2.45, 2.75) is 25.9 Å². The number of hydrogen-bond acceptors (Lipinski definition) is 1. The highest BCUT2D eigenvalue weighted by Gasteiger charge is 2.31. The third-order valence-corrected chi connectivity index (χ3v) is 3.19. The molecule has 1 aromatic rings. The van der Waals surface area contributed by atoms with E-state index in [1.807, 2.05) is 30.3 Å². The van der Waals surface area contributed by atoms with E-state index in [9.17, 15) is 9.46 Å². The molecular weight excluding hydrogens is 195 g/mol. The maximum atomic E-state index is 11.2. The van der Waals surface area contributed by atoms with Crippen molar-refractivity contribution in [1.29, 1.82) is 0 Å². The Bertz CT molecular complexity index is 295. The smallest absolute Gasteiger partial charge is 0.160 e. The van der Waals surface area contributed by atoms with Gasteiger partial charge in [0.15, 0.2) is 0 Å². The average Bonchev–Trinajstić information content (AvgIpc) is 2.15. The second-order valence-corrected chi connectivity index (χ2v) is 5.09. The molecule has 1 aromatic carbocycles. The lowest BCUT2D eigenvalue weighted by Gasteiger charge is -2.07. The minimum Gasteiger partial charge on any atom is -0.160 e. The molecule has 2 unspecified atom stereocenters. The Morgan fingerprint density at radius 3 is 2.29 bits per heavy atom. The highest BCUT2D eigenvalue weighted by atomic mass is 31.1. The molecule has 0 spiro atoms. The Hall–Kier alpha value is -0.720. The fourth-order valence-corrected chi connectivity index (χ4v) is 2.50. The van der Waals surface area contributed by atoms with Gasteiger partial charge in [0, 0.05) is 12.0 Å². The molecular formula is C11H16O2P+. The molecule has 0 aliphatic rings. The van der Waals surface area contributed by atoms with Gasteiger partial charge in [-0.05, 0) is 10.5 Å². The SMILES string of the molecule is CC(C)CC(c1ccccc1)[P+](=O)O. The topological polar surface area (TPSA) is 37.3 Å². The normalized spacial score (nSPS) is 14.1. The molecule has 3 heteroatoms. The van der Waals surface area contributed by atoms with Crippen LogP contribution in [0.2, 0.25) is 0 Å². The molecule has 0 saturated heterocycles. The van der Waals surface area contributed by atoms with Crippen molar-refractivity contribution < 1.29 is 9.46 Å². The van der Waals surface area contributed by atoms with Crippen LogP contribution in [-0.2, 0) is 4.57 Å². The molecule has 0 amide bonds. The molecule has 0 heterocycles. The van der Waals surface area contributed by atoms with E-state index >= 15 is 0 Å². The van der Waals surface area contributed by atoms with Crippen LogP contribution in [-0.4, -0.2) is 4.89 Å². The van der Waals surface area contributed by atoms with E-state index in [4.69, 9.17) is 0 Å². The molecule has 1 rings (SSSR count). The zero-order valence-corrected chi connectivity index (χ0v) is 9.45. The molecule has 2 nitrogen and oxygen atoms in total. The zero-order valence-electron chi connectivity index (χ0n) is 8.55. The molecule has 0 fully saturated rings. The Kier molecular flexibility index (Phi) is 4.24. The van der Waals surface area contributed by atoms with Gasteiger partial charge >= 0.3 is 8.03 Å². The molecule has 0 radical (unpaired) electrons. The largest absolute Gasteiger partial charge is 0.513 e. The summed E-state index contributed by atoms with van der Waals surface area (Å²) in [7, 11) is -2.12. The zero-order chi connectivity index (χ0) is 10.6. The number of benzene rings is 1. The van der Waals surface area contributed by atoms with Crippen LogP contribution in [0.5, 0.6) is 0 Å². The standard InChI is InChI=1S/C11H15O2P/c1-9(2)8-11(14(12)13)10-6-4-3-5-7-10/h3-7,9,11H,8H2,1-2H3/p+1. The van der Waals surface area contributed by atoms with Gasteiger partial charge in [-0.25, -0.2) is 0 Å². The van der Waals surface area contributed by atoms with E-state index in [0.29, 0.717) is 5.92 Å². The van der Waals surface area contributed by atoms with E-state index in [1.165, 1.54) is 0 Å². The monoisotopic (exact) mass is 211 g/mol. The summed E-state index contributed by atoms with van der Waals surface area (Å²) >= 11 is 0. The Morgan fingerprint density at radius 2 is 1.86 bits per heavy atom. The fourth-order valence-electron chi connectivity index (χ4n) is 1.48. The van der Waals surface area contributed by atoms with E-state index in [2.05, 4.69) is 13.8 Å². The lowest BCUT2D eigenvalue weighted by Crippen LogP contribution is -1.98. The first-order chi connectivity index (χ1) is 6.61. The van der Waals surface area contributed by atoms with Gasteiger partial charge in [-0.2, -0.15) is 4.89 Å². The molecule has 0 saturated carbocycles. The van der Waals surface area contributed by atoms with Gasteiger partial charge in [-0.15, -0.1) is 0 Å². The maximum absolute atomic E-state index is 11.2. The molecule has 0 aliphatic heterocycles. The lowest BCUT2D eigenvalue weighted by atomic mass is 10.0. The van der Waals surface area contributed by atoms with Crippen LogP contribution in [0.4, 0.5) is 0 Å². The second kappa shape index (κ2) is 5.23. The molecule has 0 aliphatic carbocycles. The summed E-state index contributed by atoms with van der Waals surface area (Å²) in [6.45, 7) is 4.13. The van der Waals surface area contributed by atoms with Crippen LogP contribution in [0.1, 0.15) is 31.5 Å². The van der Waals surface area contributed by atoms with Crippen LogP contribution in [0.25, 0.3) is 0 Å². The summed E-state index contributed by atoms with van der Waals surface area (Å²) in [6, 6.07) is 9.55. The second-order valence-electron chi connectivity index (χ2n) is 3.86. The van der Waals surface area contributed by atoms with Crippen molar-refractivity contribution in [1.82, 2.24) is 0 Å². The van der Waals surface area contributed by atoms with Crippen molar-refractivity contribution in [2.24, 2.45) is 5.92 Å². The van der Waals surface area contributed by atoms with Crippen molar-refractivity contribution in [3.8, 4) is 0 Å². The molecule has 2 atom stereocenters. The van der Waals surface area contributed by atoms with Crippen molar-refractivity contribution in [2.75, 3.05) is 0 Å². The first-order valence-electron chi connectivity index (χ1n) is 4.81. The van der Waals surface area contributed by atoms with Crippen LogP contribution in [0.15, 0.2) is 30.3 Å². The van der Waals surface area contributed by atoms with Crippen LogP contribution >= 0.6 is 8.03 Å². The fraction of sp³-hybridized carbons (Fsp3) is 0.455. The van der Waals surface area contributed by atoms with Gasteiger partial charge < -0.3 is 0 Å². The highest BCUT2D eigenvalue weighted by Crippen LogP contribution is 2.41. The summed E-state index contributed by atoms with van der Waals surface area (Å²) in [5, 5.41) is 0. The predicted molar refractivity (Wildman–Crippen MR) is 58.5 cm³/mol. The molecule has 0 aromatic heterocycles. The summed E-state index contributed by atoms with van der Waals surface area (Å²) in [5.74, 6) is 0.436. The van der Waals surface area contributed by atoms with Gasteiger partial charge in [-0.3, -0.25) is 0 Å². The van der Waals surface area contributed by atoms with Crippen molar-refractivity contribution in [3.05, 3.63) is 35.9 Å². The predicted octanol–water partition coefficient (Wildman–Crippen LogP) is 3.51. The summed E-state index contributed by atoms with van der Waals surface area (Å²) in [4.78, 5) is 9.22. The van der Waals surface area contributed by atoms with Gasteiger partial charge in [0.25, 0.3) is 0 Å². The Morgan fingerprint density at radius 1 is 1.29 bits per heavy atom. The highest BCUT2D eigenvalue weighted by molar-refractivity contribution is 7.38. The summed E-state index contributed by atoms with van der Waals surface area (Å²) < 4.78 is 11.2. The van der Waals surface area contributed by atoms with E-state index in [1.54, 1.807) is 0 Å². The van der Waals surface area contributed by atoms with E-state index in [0.717, 1.165) is 12.0 Å². The number of rotatable bonds is 4. The molecule has 0 bridgehead atoms. The Labute approximate surface area is 85.8 Å². The maximum Gasteiger partial charge on any atom is 0.513 e. The first kappa shape index (κ1) is 11.4. The van der Waals surface area contributed by atoms with Gasteiger partial charge in [-0.1, -0.05) is 44.2 Å². The van der Waals surface area contributed by atoms with Gasteiger partial charge in [0.1, 0.15) is 0 Å². The third kappa shape index (κ3) is 3.21. The molecule has 76 valence electrons. The van der Waals surface area contributed by atoms with E-state index in [-0.39, 0.29) is 5.66 Å². The summed E-state index contributed by atoms with van der Waals surface area (Å²) in [5.41, 5.74) is 0.746. The van der Waals surface area contributed by atoms with Gasteiger partial charge in [0.05, 0.1) is 0 Å². The minimum absolute atomic E-state index is 0.216. The van der Waals surface area contributed by atoms with Crippen molar-refractivity contribution in [3.63, 3.8) is 0 Å². The number of hydrogen-bond donors (Lipinski definition) is 1. The Balaban J connectivity index is 2.84. The summed E-state index contributed by atoms with van der Waals surface area (Å²) in [6.07, 6.45) is 0.760. The van der Waals surface area contributed by atoms with Crippen LogP contribution in [0, 0.1) is 5.92 Å². The van der Waals surface area contributed by atoms with E-state index < -0.39 is 8.03 Å². The quantitative estimate of drug-likeness (QED) is 0.774. The first-order valence-corrected chi connectivity index (χ1v) is 6.09. The van der Waals surface area contributed by atoms with Crippen LogP contribution < -0.4 is 0 Å². The average molecular weight is 211 g/mol.